The third kappa shape index (κ3) is 2.92. The highest BCUT2D eigenvalue weighted by atomic mass is 32.1. The number of allylic oxidation sites excluding steroid dienone is 1. The minimum Gasteiger partial charge on any atom is -0.288 e. The summed E-state index contributed by atoms with van der Waals surface area (Å²) in [7, 11) is 0. The monoisotopic (exact) mass is 302 g/mol. The molecule has 94 valence electrons. The first-order valence-electron chi connectivity index (χ1n) is 5.72. The van der Waals surface area contributed by atoms with Gasteiger partial charge < -0.3 is 0 Å². The van der Waals surface area contributed by atoms with E-state index in [9.17, 15) is 4.79 Å². The minimum absolute atomic E-state index is 0.0706. The van der Waals surface area contributed by atoms with Gasteiger partial charge in [-0.3, -0.25) is 4.79 Å². The van der Waals surface area contributed by atoms with E-state index >= 15 is 0 Å². The topological polar surface area (TPSA) is 17.1 Å². The van der Waals surface area contributed by atoms with Crippen molar-refractivity contribution in [2.45, 2.75) is 0 Å². The van der Waals surface area contributed by atoms with Crippen molar-refractivity contribution >= 4 is 45.9 Å². The lowest BCUT2D eigenvalue weighted by atomic mass is 10.3. The zero-order chi connectivity index (χ0) is 13.1. The van der Waals surface area contributed by atoms with Crippen LogP contribution in [-0.4, -0.2) is 5.78 Å². The summed E-state index contributed by atoms with van der Waals surface area (Å²) in [5.41, 5.74) is 0. The van der Waals surface area contributed by atoms with Gasteiger partial charge >= 0.3 is 0 Å². The van der Waals surface area contributed by atoms with Crippen LogP contribution in [0.3, 0.4) is 0 Å². The summed E-state index contributed by atoms with van der Waals surface area (Å²) in [6, 6.07) is 12.0. The maximum Gasteiger partial charge on any atom is 0.195 e. The highest BCUT2D eigenvalue weighted by Crippen LogP contribution is 2.31. The van der Waals surface area contributed by atoms with E-state index in [-0.39, 0.29) is 5.78 Å². The van der Waals surface area contributed by atoms with Gasteiger partial charge in [0.05, 0.1) is 4.88 Å². The number of hydrogen-bond acceptors (Lipinski definition) is 4. The molecule has 3 heterocycles. The average Bonchev–Trinajstić information content (AvgIpc) is 3.14. The molecule has 0 aliphatic heterocycles. The van der Waals surface area contributed by atoms with Gasteiger partial charge in [0.25, 0.3) is 0 Å². The smallest absolute Gasteiger partial charge is 0.195 e. The molecule has 19 heavy (non-hydrogen) atoms. The van der Waals surface area contributed by atoms with Gasteiger partial charge in [-0.15, -0.1) is 34.0 Å². The van der Waals surface area contributed by atoms with Crippen molar-refractivity contribution < 1.29 is 4.79 Å². The van der Waals surface area contributed by atoms with Crippen LogP contribution in [-0.2, 0) is 0 Å². The standard InChI is InChI=1S/C15H10OS3/c16-12(6-5-11-3-1-9-17-11)13-7-8-15(19-13)14-4-2-10-18-14/h1-10H. The molecule has 0 amide bonds. The van der Waals surface area contributed by atoms with Crippen molar-refractivity contribution in [1.82, 2.24) is 0 Å². The summed E-state index contributed by atoms with van der Waals surface area (Å²) in [5, 5.41) is 4.05. The Morgan fingerprint density at radius 1 is 0.947 bits per heavy atom. The molecule has 0 unspecified atom stereocenters. The van der Waals surface area contributed by atoms with Gasteiger partial charge in [-0.2, -0.15) is 0 Å². The summed E-state index contributed by atoms with van der Waals surface area (Å²) in [5.74, 6) is 0.0706. The zero-order valence-corrected chi connectivity index (χ0v) is 12.4. The molecule has 0 radical (unpaired) electrons. The van der Waals surface area contributed by atoms with Crippen LogP contribution in [0.5, 0.6) is 0 Å². The molecule has 0 atom stereocenters. The maximum atomic E-state index is 12.1. The summed E-state index contributed by atoms with van der Waals surface area (Å²) >= 11 is 4.87. The summed E-state index contributed by atoms with van der Waals surface area (Å²) in [6.45, 7) is 0. The minimum atomic E-state index is 0.0706. The third-order valence-corrected chi connectivity index (χ3v) is 5.56. The Hall–Kier alpha value is -1.49. The van der Waals surface area contributed by atoms with Crippen LogP contribution in [0.4, 0.5) is 0 Å². The molecule has 4 heteroatoms. The van der Waals surface area contributed by atoms with Crippen LogP contribution < -0.4 is 0 Å². The van der Waals surface area contributed by atoms with Crippen LogP contribution in [0.2, 0.25) is 0 Å². The lowest BCUT2D eigenvalue weighted by Crippen LogP contribution is -1.87. The molecule has 1 nitrogen and oxygen atoms in total. The summed E-state index contributed by atoms with van der Waals surface area (Å²) < 4.78 is 0. The van der Waals surface area contributed by atoms with E-state index in [1.54, 1.807) is 40.1 Å². The molecule has 0 aromatic carbocycles. The second kappa shape index (κ2) is 5.65. The van der Waals surface area contributed by atoms with Gasteiger partial charge in [0.1, 0.15) is 0 Å². The Kier molecular flexibility index (Phi) is 3.73. The van der Waals surface area contributed by atoms with Crippen LogP contribution >= 0.6 is 34.0 Å². The Balaban J connectivity index is 1.78. The quantitative estimate of drug-likeness (QED) is 0.463. The molecule has 3 aromatic heterocycles. The Bertz CT molecular complexity index is 688. The first kappa shape index (κ1) is 12.5. The number of hydrogen-bond donors (Lipinski definition) is 0. The number of thiophene rings is 3. The van der Waals surface area contributed by atoms with E-state index in [1.807, 2.05) is 47.2 Å². The molecule has 0 N–H and O–H groups in total. The van der Waals surface area contributed by atoms with Crippen LogP contribution in [0.15, 0.2) is 53.2 Å². The molecule has 0 saturated heterocycles. The van der Waals surface area contributed by atoms with Crippen molar-refractivity contribution in [2.75, 3.05) is 0 Å². The Morgan fingerprint density at radius 2 is 1.79 bits per heavy atom. The van der Waals surface area contributed by atoms with Crippen molar-refractivity contribution in [3.8, 4) is 9.75 Å². The molecular weight excluding hydrogens is 292 g/mol. The fraction of sp³-hybridized carbons (Fsp3) is 0. The first-order chi connectivity index (χ1) is 9.33. The van der Waals surface area contributed by atoms with E-state index < -0.39 is 0 Å². The van der Waals surface area contributed by atoms with Crippen molar-refractivity contribution in [1.29, 1.82) is 0 Å². The zero-order valence-electron chi connectivity index (χ0n) is 9.91. The second-order valence-electron chi connectivity index (χ2n) is 3.85. The Morgan fingerprint density at radius 3 is 2.53 bits per heavy atom. The van der Waals surface area contributed by atoms with Gasteiger partial charge in [-0.1, -0.05) is 12.1 Å². The molecule has 0 aliphatic carbocycles. The number of carbonyl (C=O) groups excluding carboxylic acids is 1. The summed E-state index contributed by atoms with van der Waals surface area (Å²) in [6.07, 6.45) is 3.52. The molecule has 3 rings (SSSR count). The fourth-order valence-electron chi connectivity index (χ4n) is 1.65. The molecule has 0 aliphatic rings. The highest BCUT2D eigenvalue weighted by Gasteiger charge is 2.08. The second-order valence-corrected chi connectivity index (χ2v) is 6.86. The predicted molar refractivity (Wildman–Crippen MR) is 85.3 cm³/mol. The van der Waals surface area contributed by atoms with E-state index in [0.717, 1.165) is 14.6 Å². The largest absolute Gasteiger partial charge is 0.288 e. The molecule has 0 bridgehead atoms. The van der Waals surface area contributed by atoms with Gasteiger partial charge in [0, 0.05) is 14.6 Å². The number of ketones is 1. The summed E-state index contributed by atoms with van der Waals surface area (Å²) in [4.78, 5) is 16.3. The molecule has 0 fully saturated rings. The number of rotatable bonds is 4. The lowest BCUT2D eigenvalue weighted by molar-refractivity contribution is 0.105. The van der Waals surface area contributed by atoms with Crippen molar-refractivity contribution in [3.05, 3.63) is 63.0 Å². The van der Waals surface area contributed by atoms with Crippen LogP contribution in [0.1, 0.15) is 14.5 Å². The number of carbonyl (C=O) groups is 1. The van der Waals surface area contributed by atoms with Crippen LogP contribution in [0.25, 0.3) is 15.8 Å². The van der Waals surface area contributed by atoms with E-state index in [1.165, 1.54) is 4.88 Å². The van der Waals surface area contributed by atoms with Crippen molar-refractivity contribution in [3.63, 3.8) is 0 Å². The fourth-order valence-corrected chi connectivity index (χ4v) is 4.03. The van der Waals surface area contributed by atoms with Crippen LogP contribution in [0, 0.1) is 0 Å². The molecular formula is C15H10OS3. The molecule has 3 aromatic rings. The SMILES string of the molecule is O=C(C=Cc1cccs1)c1ccc(-c2cccs2)s1. The Labute approximate surface area is 123 Å². The van der Waals surface area contributed by atoms with Gasteiger partial charge in [-0.25, -0.2) is 0 Å². The predicted octanol–water partition coefficient (Wildman–Crippen LogP) is 5.43. The van der Waals surface area contributed by atoms with Crippen molar-refractivity contribution in [2.24, 2.45) is 0 Å². The maximum absolute atomic E-state index is 12.1. The highest BCUT2D eigenvalue weighted by molar-refractivity contribution is 7.22. The van der Waals surface area contributed by atoms with E-state index in [0.29, 0.717) is 0 Å². The first-order valence-corrected chi connectivity index (χ1v) is 8.30. The average molecular weight is 302 g/mol. The van der Waals surface area contributed by atoms with Gasteiger partial charge in [0.15, 0.2) is 5.78 Å². The lowest BCUT2D eigenvalue weighted by Gasteiger charge is -1.89. The normalized spacial score (nSPS) is 11.2. The third-order valence-electron chi connectivity index (χ3n) is 2.56. The van der Waals surface area contributed by atoms with E-state index in [2.05, 4.69) is 6.07 Å². The van der Waals surface area contributed by atoms with Gasteiger partial charge in [0.2, 0.25) is 0 Å². The molecule has 0 spiro atoms. The van der Waals surface area contributed by atoms with E-state index in [4.69, 9.17) is 0 Å². The van der Waals surface area contributed by atoms with Gasteiger partial charge in [-0.05, 0) is 47.2 Å². The molecule has 0 saturated carbocycles.